The molecular weight excluding hydrogens is 420 g/mol. The zero-order valence-corrected chi connectivity index (χ0v) is 19.4. The van der Waals surface area contributed by atoms with Gasteiger partial charge in [0.2, 0.25) is 11.9 Å². The number of H-pyrrole nitrogens is 1. The molecule has 9 nitrogen and oxygen atoms in total. The summed E-state index contributed by atoms with van der Waals surface area (Å²) in [6.07, 6.45) is 7.45. The largest absolute Gasteiger partial charge is 0.378 e. The summed E-state index contributed by atoms with van der Waals surface area (Å²) in [7, 11) is 0. The van der Waals surface area contributed by atoms with Gasteiger partial charge >= 0.3 is 0 Å². The number of rotatable bonds is 7. The predicted molar refractivity (Wildman–Crippen MR) is 128 cm³/mol. The van der Waals surface area contributed by atoms with Crippen LogP contribution in [0.25, 0.3) is 0 Å². The number of nitrogens with zero attached hydrogens (tertiary/aromatic N) is 4. The lowest BCUT2D eigenvalue weighted by molar-refractivity contribution is -0.121. The van der Waals surface area contributed by atoms with Crippen LogP contribution in [0.1, 0.15) is 48.9 Å². The molecular formula is C24H34N6O3. The summed E-state index contributed by atoms with van der Waals surface area (Å²) in [6, 6.07) is 4.06. The number of aromatic nitrogens is 3. The highest BCUT2D eigenvalue weighted by Gasteiger charge is 2.17. The lowest BCUT2D eigenvalue weighted by Gasteiger charge is -2.27. The molecule has 2 aliphatic heterocycles. The van der Waals surface area contributed by atoms with Crippen molar-refractivity contribution in [3.63, 3.8) is 0 Å². The van der Waals surface area contributed by atoms with Crippen LogP contribution in [0.5, 0.6) is 0 Å². The first-order valence-electron chi connectivity index (χ1n) is 12.0. The highest BCUT2D eigenvalue weighted by atomic mass is 16.5. The van der Waals surface area contributed by atoms with Crippen LogP contribution in [0.4, 0.5) is 11.8 Å². The third kappa shape index (κ3) is 6.31. The molecule has 9 heteroatoms. The van der Waals surface area contributed by atoms with Gasteiger partial charge in [-0.2, -0.15) is 0 Å². The highest BCUT2D eigenvalue weighted by Crippen LogP contribution is 2.17. The molecule has 1 amide bonds. The van der Waals surface area contributed by atoms with Gasteiger partial charge < -0.3 is 19.9 Å². The molecule has 4 heterocycles. The molecule has 33 heavy (non-hydrogen) atoms. The molecule has 2 aromatic heterocycles. The van der Waals surface area contributed by atoms with Crippen LogP contribution in [0.15, 0.2) is 23.1 Å². The Hall–Kier alpha value is -2.94. The SMILES string of the molecule is Cc1nc(N2CCOCC2)[nH]c(=O)c1CCC(=O)NCc1ccc(N2CCCCCC2)nc1. The van der Waals surface area contributed by atoms with Crippen molar-refractivity contribution >= 4 is 17.7 Å². The van der Waals surface area contributed by atoms with Crippen molar-refractivity contribution in [3.8, 4) is 0 Å². The minimum atomic E-state index is -0.176. The standard InChI is InChI=1S/C24H34N6O3/c1-18-20(23(32)28-24(27-18)30-12-14-33-15-13-30)7-9-22(31)26-17-19-6-8-21(25-16-19)29-10-4-2-3-5-11-29/h6,8,16H,2-5,7,9-15,17H2,1H3,(H,26,31)(H,27,28,32). The first-order chi connectivity index (χ1) is 16.1. The van der Waals surface area contributed by atoms with Gasteiger partial charge in [-0.1, -0.05) is 18.9 Å². The average Bonchev–Trinajstić information content (AvgIpc) is 3.13. The minimum absolute atomic E-state index is 0.0948. The molecule has 2 aromatic rings. The van der Waals surface area contributed by atoms with Crippen LogP contribution in [-0.4, -0.2) is 60.3 Å². The molecule has 0 aliphatic carbocycles. The van der Waals surface area contributed by atoms with Gasteiger partial charge in [0.05, 0.1) is 13.2 Å². The zero-order valence-electron chi connectivity index (χ0n) is 19.4. The highest BCUT2D eigenvalue weighted by molar-refractivity contribution is 5.76. The van der Waals surface area contributed by atoms with Crippen molar-refractivity contribution in [1.82, 2.24) is 20.3 Å². The average molecular weight is 455 g/mol. The molecule has 2 N–H and O–H groups in total. The van der Waals surface area contributed by atoms with Crippen LogP contribution in [0, 0.1) is 6.92 Å². The van der Waals surface area contributed by atoms with Crippen molar-refractivity contribution < 1.29 is 9.53 Å². The molecule has 2 aliphatic rings. The smallest absolute Gasteiger partial charge is 0.255 e. The summed E-state index contributed by atoms with van der Waals surface area (Å²) >= 11 is 0. The van der Waals surface area contributed by atoms with Gasteiger partial charge in [0, 0.05) is 56.6 Å². The molecule has 0 spiro atoms. The van der Waals surface area contributed by atoms with E-state index in [0.717, 1.165) is 24.5 Å². The number of carbonyl (C=O) groups is 1. The Morgan fingerprint density at radius 3 is 2.52 bits per heavy atom. The Labute approximate surface area is 194 Å². The Morgan fingerprint density at radius 1 is 1.09 bits per heavy atom. The number of hydrogen-bond donors (Lipinski definition) is 2. The molecule has 4 rings (SSSR count). The van der Waals surface area contributed by atoms with E-state index in [9.17, 15) is 9.59 Å². The van der Waals surface area contributed by atoms with E-state index in [1.165, 1.54) is 25.7 Å². The van der Waals surface area contributed by atoms with Crippen LogP contribution >= 0.6 is 0 Å². The minimum Gasteiger partial charge on any atom is -0.378 e. The molecule has 2 fully saturated rings. The Balaban J connectivity index is 1.26. The number of aryl methyl sites for hydroxylation is 1. The summed E-state index contributed by atoms with van der Waals surface area (Å²) in [5, 5.41) is 2.93. The lowest BCUT2D eigenvalue weighted by Crippen LogP contribution is -2.38. The van der Waals surface area contributed by atoms with Gasteiger partial charge in [-0.25, -0.2) is 9.97 Å². The van der Waals surface area contributed by atoms with E-state index in [4.69, 9.17) is 4.74 Å². The van der Waals surface area contributed by atoms with Crippen molar-refractivity contribution in [2.45, 2.75) is 52.0 Å². The van der Waals surface area contributed by atoms with E-state index in [1.807, 2.05) is 30.2 Å². The Bertz CT molecular complexity index is 977. The maximum Gasteiger partial charge on any atom is 0.255 e. The molecule has 0 unspecified atom stereocenters. The molecule has 0 bridgehead atoms. The van der Waals surface area contributed by atoms with E-state index in [-0.39, 0.29) is 17.9 Å². The number of hydrogen-bond acceptors (Lipinski definition) is 7. The van der Waals surface area contributed by atoms with E-state index in [1.54, 1.807) is 0 Å². The Morgan fingerprint density at radius 2 is 1.85 bits per heavy atom. The van der Waals surface area contributed by atoms with E-state index < -0.39 is 0 Å². The summed E-state index contributed by atoms with van der Waals surface area (Å²) in [5.41, 5.74) is 2.02. The number of amides is 1. The van der Waals surface area contributed by atoms with Crippen LogP contribution in [-0.2, 0) is 22.5 Å². The maximum absolute atomic E-state index is 12.6. The maximum atomic E-state index is 12.6. The predicted octanol–water partition coefficient (Wildman–Crippen LogP) is 1.94. The van der Waals surface area contributed by atoms with Crippen LogP contribution < -0.4 is 20.7 Å². The van der Waals surface area contributed by atoms with E-state index in [2.05, 4.69) is 25.2 Å². The molecule has 0 atom stereocenters. The molecule has 178 valence electrons. The third-order valence-electron chi connectivity index (χ3n) is 6.35. The van der Waals surface area contributed by atoms with Gasteiger partial charge in [0.1, 0.15) is 5.82 Å². The topological polar surface area (TPSA) is 103 Å². The number of anilines is 2. The van der Waals surface area contributed by atoms with E-state index in [0.29, 0.717) is 56.5 Å². The summed E-state index contributed by atoms with van der Waals surface area (Å²) < 4.78 is 5.35. The first kappa shape index (κ1) is 23.2. The van der Waals surface area contributed by atoms with Crippen molar-refractivity contribution in [2.24, 2.45) is 0 Å². The lowest BCUT2D eigenvalue weighted by atomic mass is 10.1. The monoisotopic (exact) mass is 454 g/mol. The Kier molecular flexibility index (Phi) is 7.93. The van der Waals surface area contributed by atoms with Gasteiger partial charge in [-0.3, -0.25) is 14.6 Å². The van der Waals surface area contributed by atoms with E-state index >= 15 is 0 Å². The summed E-state index contributed by atoms with van der Waals surface area (Å²) in [5.74, 6) is 1.49. The van der Waals surface area contributed by atoms with Gasteiger partial charge in [-0.15, -0.1) is 0 Å². The van der Waals surface area contributed by atoms with Gasteiger partial charge in [-0.05, 0) is 37.8 Å². The number of pyridine rings is 1. The number of ether oxygens (including phenoxy) is 1. The van der Waals surface area contributed by atoms with Crippen molar-refractivity contribution in [2.75, 3.05) is 49.2 Å². The number of carbonyl (C=O) groups excluding carboxylic acids is 1. The molecule has 2 saturated heterocycles. The second kappa shape index (κ2) is 11.3. The number of nitrogens with one attached hydrogen (secondary N) is 2. The summed E-state index contributed by atoms with van der Waals surface area (Å²) in [6.45, 7) is 7.03. The van der Waals surface area contributed by atoms with Gasteiger partial charge in [0.15, 0.2) is 0 Å². The number of aromatic amines is 1. The zero-order chi connectivity index (χ0) is 23.0. The molecule has 0 saturated carbocycles. The van der Waals surface area contributed by atoms with Crippen molar-refractivity contribution in [3.05, 3.63) is 45.5 Å². The van der Waals surface area contributed by atoms with Crippen molar-refractivity contribution in [1.29, 1.82) is 0 Å². The van der Waals surface area contributed by atoms with Crippen LogP contribution in [0.3, 0.4) is 0 Å². The molecule has 0 aromatic carbocycles. The van der Waals surface area contributed by atoms with Gasteiger partial charge in [0.25, 0.3) is 5.56 Å². The fourth-order valence-corrected chi connectivity index (χ4v) is 4.35. The normalized spacial score (nSPS) is 17.0. The van der Waals surface area contributed by atoms with Crippen LogP contribution in [0.2, 0.25) is 0 Å². The quantitative estimate of drug-likeness (QED) is 0.659. The summed E-state index contributed by atoms with van der Waals surface area (Å²) in [4.78, 5) is 41.3. The number of morpholine rings is 1. The first-order valence-corrected chi connectivity index (χ1v) is 12.0. The second-order valence-electron chi connectivity index (χ2n) is 8.76. The molecule has 0 radical (unpaired) electrons. The second-order valence-corrected chi connectivity index (χ2v) is 8.76. The third-order valence-corrected chi connectivity index (χ3v) is 6.35. The fourth-order valence-electron chi connectivity index (χ4n) is 4.35. The fraction of sp³-hybridized carbons (Fsp3) is 0.583.